The normalized spacial score (nSPS) is 17.4. The Bertz CT molecular complexity index is 1390. The molecule has 3 amide bonds. The number of benzene rings is 3. The Labute approximate surface area is 216 Å². The van der Waals surface area contributed by atoms with Gasteiger partial charge in [0.2, 0.25) is 11.8 Å². The maximum Gasteiger partial charge on any atom is 0.252 e. The van der Waals surface area contributed by atoms with Crippen LogP contribution in [0.5, 0.6) is 0 Å². The summed E-state index contributed by atoms with van der Waals surface area (Å²) in [5, 5.41) is 5.20. The quantitative estimate of drug-likeness (QED) is 0.482. The molecule has 2 N–H and O–H groups in total. The van der Waals surface area contributed by atoms with E-state index in [1.807, 2.05) is 0 Å². The van der Waals surface area contributed by atoms with Gasteiger partial charge in [-0.05, 0) is 79.9 Å². The third-order valence-electron chi connectivity index (χ3n) is 6.52. The number of carbonyl (C=O) groups excluding carboxylic acids is 3. The van der Waals surface area contributed by atoms with Crippen molar-refractivity contribution in [3.05, 3.63) is 101 Å². The molecule has 10 heteroatoms. The number of halogens is 4. The molecule has 0 saturated carbocycles. The number of likely N-dealkylation sites (N-methyl/N-ethyl adjacent to an activating group) is 1. The van der Waals surface area contributed by atoms with E-state index in [1.54, 1.807) is 0 Å². The number of rotatable bonds is 5. The number of anilines is 1. The summed E-state index contributed by atoms with van der Waals surface area (Å²) in [7, 11) is 1.41. The molecule has 2 atom stereocenters. The third-order valence-corrected chi connectivity index (χ3v) is 6.52. The number of nitrogens with one attached hydrogen (secondary N) is 2. The van der Waals surface area contributed by atoms with Crippen molar-refractivity contribution in [2.75, 3.05) is 11.9 Å². The first-order valence-corrected chi connectivity index (χ1v) is 11.8. The molecule has 0 aromatic heterocycles. The minimum atomic E-state index is -1.50. The average molecular weight is 528 g/mol. The summed E-state index contributed by atoms with van der Waals surface area (Å²) in [6, 6.07) is 10.3. The maximum atomic E-state index is 14.1. The maximum absolute atomic E-state index is 14.1. The number of hydrogen-bond donors (Lipinski definition) is 2. The lowest BCUT2D eigenvalue weighted by Gasteiger charge is -2.29. The minimum Gasteiger partial charge on any atom is -0.342 e. The molecule has 1 aliphatic heterocycles. The van der Waals surface area contributed by atoms with Gasteiger partial charge in [0.15, 0.2) is 0 Å². The summed E-state index contributed by atoms with van der Waals surface area (Å²) in [6.45, 7) is 2.86. The van der Waals surface area contributed by atoms with Crippen LogP contribution in [0.4, 0.5) is 23.2 Å². The fourth-order valence-corrected chi connectivity index (χ4v) is 4.48. The highest BCUT2D eigenvalue weighted by molar-refractivity contribution is 6.03. The summed E-state index contributed by atoms with van der Waals surface area (Å²) < 4.78 is 55.6. The van der Waals surface area contributed by atoms with E-state index in [1.165, 1.54) is 50.1 Å². The van der Waals surface area contributed by atoms with Crippen molar-refractivity contribution in [3.8, 4) is 0 Å². The second kappa shape index (κ2) is 10.3. The van der Waals surface area contributed by atoms with Crippen molar-refractivity contribution in [1.82, 2.24) is 10.6 Å². The van der Waals surface area contributed by atoms with Crippen molar-refractivity contribution >= 4 is 23.4 Å². The van der Waals surface area contributed by atoms with E-state index in [9.17, 15) is 31.9 Å². The van der Waals surface area contributed by atoms with Gasteiger partial charge < -0.3 is 15.5 Å². The van der Waals surface area contributed by atoms with Gasteiger partial charge in [-0.1, -0.05) is 6.07 Å². The number of carbonyl (C=O) groups is 3. The number of nitrogens with zero attached hydrogens (tertiary/aromatic N) is 1. The van der Waals surface area contributed by atoms with Crippen LogP contribution in [0.2, 0.25) is 0 Å². The SMILES string of the molecule is CN1C(=O)[C@H](NC(=O)C(C)(C)NC(=O)c2ccc(F)cc2)CC(c2cc(F)cc(F)c2)c2ccc(F)cc21. The van der Waals surface area contributed by atoms with Crippen LogP contribution in [0.1, 0.15) is 47.7 Å². The van der Waals surface area contributed by atoms with Crippen molar-refractivity contribution in [2.24, 2.45) is 0 Å². The van der Waals surface area contributed by atoms with E-state index >= 15 is 0 Å². The first-order valence-electron chi connectivity index (χ1n) is 11.8. The van der Waals surface area contributed by atoms with Crippen molar-refractivity contribution in [3.63, 3.8) is 0 Å². The predicted octanol–water partition coefficient (Wildman–Crippen LogP) is 4.43. The monoisotopic (exact) mass is 527 g/mol. The van der Waals surface area contributed by atoms with E-state index in [0.717, 1.165) is 30.3 Å². The van der Waals surface area contributed by atoms with Crippen LogP contribution in [-0.2, 0) is 9.59 Å². The molecule has 1 unspecified atom stereocenters. The van der Waals surface area contributed by atoms with E-state index in [-0.39, 0.29) is 23.2 Å². The Morgan fingerprint density at radius 3 is 2.11 bits per heavy atom. The van der Waals surface area contributed by atoms with Crippen molar-refractivity contribution < 1.29 is 31.9 Å². The molecule has 6 nitrogen and oxygen atoms in total. The minimum absolute atomic E-state index is 0.0849. The van der Waals surface area contributed by atoms with Crippen LogP contribution >= 0.6 is 0 Å². The molecule has 38 heavy (non-hydrogen) atoms. The van der Waals surface area contributed by atoms with E-state index in [4.69, 9.17) is 0 Å². The standard InChI is InChI=1S/C28H25F4N3O3/c1-28(2,34-25(36)15-4-6-17(29)7-5-15)27(38)33-23-14-22(16-10-19(31)12-20(32)11-16)21-9-8-18(30)13-24(21)35(3)26(23)37/h4-13,22-23H,14H2,1-3H3,(H,33,38)(H,34,36)/t22?,23-/m1/s1. The second-order valence-corrected chi connectivity index (χ2v) is 9.70. The molecular formula is C28H25F4N3O3. The van der Waals surface area contributed by atoms with Crippen LogP contribution in [0.25, 0.3) is 0 Å². The average Bonchev–Trinajstić information content (AvgIpc) is 2.94. The molecule has 4 rings (SSSR count). The van der Waals surface area contributed by atoms with Gasteiger partial charge in [0.1, 0.15) is 34.8 Å². The highest BCUT2D eigenvalue weighted by atomic mass is 19.1. The molecule has 3 aromatic rings. The number of hydrogen-bond acceptors (Lipinski definition) is 3. The Kier molecular flexibility index (Phi) is 7.26. The molecule has 0 bridgehead atoms. The Hall–Kier alpha value is -4.21. The largest absolute Gasteiger partial charge is 0.342 e. The lowest BCUT2D eigenvalue weighted by atomic mass is 9.85. The molecule has 0 aliphatic carbocycles. The number of amides is 3. The van der Waals surface area contributed by atoms with Gasteiger partial charge in [0, 0.05) is 24.6 Å². The topological polar surface area (TPSA) is 78.5 Å². The summed E-state index contributed by atoms with van der Waals surface area (Å²) >= 11 is 0. The zero-order valence-electron chi connectivity index (χ0n) is 20.8. The Morgan fingerprint density at radius 2 is 1.47 bits per heavy atom. The van der Waals surface area contributed by atoms with E-state index in [0.29, 0.717) is 11.6 Å². The van der Waals surface area contributed by atoms with E-state index in [2.05, 4.69) is 10.6 Å². The van der Waals surface area contributed by atoms with Crippen LogP contribution in [-0.4, -0.2) is 36.3 Å². The molecule has 1 heterocycles. The summed E-state index contributed by atoms with van der Waals surface area (Å²) in [6.07, 6.45) is -0.0849. The smallest absolute Gasteiger partial charge is 0.252 e. The first kappa shape index (κ1) is 26.8. The van der Waals surface area contributed by atoms with Crippen molar-refractivity contribution in [1.29, 1.82) is 0 Å². The van der Waals surface area contributed by atoms with Crippen LogP contribution in [0.15, 0.2) is 60.7 Å². The molecule has 1 aliphatic rings. The fourth-order valence-electron chi connectivity index (χ4n) is 4.48. The molecule has 3 aromatic carbocycles. The van der Waals surface area contributed by atoms with Gasteiger partial charge in [-0.15, -0.1) is 0 Å². The molecule has 198 valence electrons. The van der Waals surface area contributed by atoms with Crippen molar-refractivity contribution in [2.45, 2.75) is 37.8 Å². The first-order chi connectivity index (χ1) is 17.9. The van der Waals surface area contributed by atoms with Crippen LogP contribution < -0.4 is 15.5 Å². The highest BCUT2D eigenvalue weighted by Gasteiger charge is 2.39. The second-order valence-electron chi connectivity index (χ2n) is 9.70. The molecule has 0 spiro atoms. The summed E-state index contributed by atoms with van der Waals surface area (Å²) in [5.74, 6) is -5.47. The van der Waals surface area contributed by atoms with Gasteiger partial charge in [-0.25, -0.2) is 17.6 Å². The zero-order chi connectivity index (χ0) is 27.8. The van der Waals surface area contributed by atoms with Gasteiger partial charge in [0.05, 0.1) is 5.69 Å². The molecular weight excluding hydrogens is 502 g/mol. The van der Waals surface area contributed by atoms with Gasteiger partial charge in [-0.3, -0.25) is 14.4 Å². The highest BCUT2D eigenvalue weighted by Crippen LogP contribution is 2.39. The van der Waals surface area contributed by atoms with Crippen LogP contribution in [0, 0.1) is 23.3 Å². The third kappa shape index (κ3) is 5.53. The van der Waals surface area contributed by atoms with Gasteiger partial charge in [-0.2, -0.15) is 0 Å². The molecule has 0 fully saturated rings. The van der Waals surface area contributed by atoms with E-state index < -0.39 is 58.5 Å². The Morgan fingerprint density at radius 1 is 0.868 bits per heavy atom. The lowest BCUT2D eigenvalue weighted by Crippen LogP contribution is -2.59. The summed E-state index contributed by atoms with van der Waals surface area (Å²) in [4.78, 5) is 40.5. The fraction of sp³-hybridized carbons (Fsp3) is 0.250. The zero-order valence-corrected chi connectivity index (χ0v) is 20.8. The number of fused-ring (bicyclic) bond motifs is 1. The predicted molar refractivity (Wildman–Crippen MR) is 133 cm³/mol. The van der Waals surface area contributed by atoms with Gasteiger partial charge in [0.25, 0.3) is 5.91 Å². The molecule has 0 saturated heterocycles. The van der Waals surface area contributed by atoms with Crippen LogP contribution in [0.3, 0.4) is 0 Å². The Balaban J connectivity index is 1.64. The lowest BCUT2D eigenvalue weighted by molar-refractivity contribution is -0.130. The molecule has 0 radical (unpaired) electrons. The summed E-state index contributed by atoms with van der Waals surface area (Å²) in [5.41, 5.74) is -0.515. The van der Waals surface area contributed by atoms with Gasteiger partial charge >= 0.3 is 0 Å².